The van der Waals surface area contributed by atoms with E-state index in [0.29, 0.717) is 19.6 Å². The minimum absolute atomic E-state index is 0.132. The third kappa shape index (κ3) is 3.19. The molecule has 2 amide bonds. The largest absolute Gasteiger partial charge is 0.447 e. The normalized spacial score (nSPS) is 15.8. The van der Waals surface area contributed by atoms with Crippen LogP contribution in [0.25, 0.3) is 0 Å². The Balaban J connectivity index is 2.18. The van der Waals surface area contributed by atoms with Crippen molar-refractivity contribution in [1.82, 2.24) is 4.90 Å². The number of carbonyl (C=O) groups excluding carboxylic acids is 2. The smallest absolute Gasteiger partial charge is 0.416 e. The van der Waals surface area contributed by atoms with Crippen LogP contribution in [0.1, 0.15) is 6.42 Å². The number of aliphatic hydroxyl groups excluding tert-OH is 1. The van der Waals surface area contributed by atoms with Crippen LogP contribution in [0.15, 0.2) is 0 Å². The maximum atomic E-state index is 11.4. The van der Waals surface area contributed by atoms with Crippen LogP contribution in [-0.2, 0) is 9.53 Å². The molecule has 0 aromatic rings. The van der Waals surface area contributed by atoms with E-state index in [4.69, 9.17) is 5.11 Å². The molecule has 14 heavy (non-hydrogen) atoms. The van der Waals surface area contributed by atoms with Gasteiger partial charge in [-0.15, -0.1) is 0 Å². The highest BCUT2D eigenvalue weighted by Gasteiger charge is 2.27. The number of aliphatic hydroxyl groups is 1. The summed E-state index contributed by atoms with van der Waals surface area (Å²) in [5.41, 5.74) is 0. The highest BCUT2D eigenvalue weighted by atomic mass is 32.2. The van der Waals surface area contributed by atoms with E-state index in [1.54, 1.807) is 0 Å². The Morgan fingerprint density at radius 1 is 1.64 bits per heavy atom. The summed E-state index contributed by atoms with van der Waals surface area (Å²) < 4.78 is 4.63. The molecule has 5 nitrogen and oxygen atoms in total. The van der Waals surface area contributed by atoms with Crippen molar-refractivity contribution in [2.75, 3.05) is 31.3 Å². The van der Waals surface area contributed by atoms with Crippen LogP contribution in [0, 0.1) is 0 Å². The van der Waals surface area contributed by atoms with Crippen LogP contribution in [0.4, 0.5) is 4.79 Å². The monoisotopic (exact) mass is 219 g/mol. The van der Waals surface area contributed by atoms with Crippen LogP contribution >= 0.6 is 11.8 Å². The first kappa shape index (κ1) is 11.3. The van der Waals surface area contributed by atoms with Gasteiger partial charge in [0.05, 0.1) is 12.3 Å². The molecule has 1 rings (SSSR count). The van der Waals surface area contributed by atoms with Gasteiger partial charge in [-0.2, -0.15) is 11.8 Å². The first-order valence-corrected chi connectivity index (χ1v) is 5.57. The first-order valence-electron chi connectivity index (χ1n) is 4.41. The SMILES string of the molecule is O=C(CSCCCO)N1CCOC1=O. The topological polar surface area (TPSA) is 66.8 Å². The van der Waals surface area contributed by atoms with E-state index < -0.39 is 6.09 Å². The summed E-state index contributed by atoms with van der Waals surface area (Å²) in [5, 5.41) is 8.50. The standard InChI is InChI=1S/C8H13NO4S/c10-3-1-5-14-6-7(11)9-2-4-13-8(9)12/h10H,1-6H2. The molecule has 0 saturated carbocycles. The van der Waals surface area contributed by atoms with Gasteiger partial charge < -0.3 is 9.84 Å². The molecule has 0 bridgehead atoms. The minimum atomic E-state index is -0.544. The van der Waals surface area contributed by atoms with Crippen LogP contribution in [0.3, 0.4) is 0 Å². The zero-order chi connectivity index (χ0) is 10.4. The van der Waals surface area contributed by atoms with Crippen molar-refractivity contribution in [1.29, 1.82) is 0 Å². The summed E-state index contributed by atoms with van der Waals surface area (Å²) in [6.07, 6.45) is 0.125. The number of hydrogen-bond donors (Lipinski definition) is 1. The van der Waals surface area contributed by atoms with Crippen molar-refractivity contribution in [2.45, 2.75) is 6.42 Å². The second-order valence-electron chi connectivity index (χ2n) is 2.79. The molecule has 1 fully saturated rings. The number of hydrogen-bond acceptors (Lipinski definition) is 5. The molecule has 0 aromatic heterocycles. The molecule has 0 atom stereocenters. The molecule has 1 heterocycles. The van der Waals surface area contributed by atoms with Gasteiger partial charge in [-0.1, -0.05) is 0 Å². The van der Waals surface area contributed by atoms with Crippen molar-refractivity contribution in [3.8, 4) is 0 Å². The van der Waals surface area contributed by atoms with E-state index >= 15 is 0 Å². The maximum absolute atomic E-state index is 11.4. The predicted octanol–water partition coefficient (Wildman–Crippen LogP) is 0.0808. The molecule has 1 aliphatic rings. The second kappa shape index (κ2) is 5.87. The molecule has 80 valence electrons. The lowest BCUT2D eigenvalue weighted by atomic mass is 10.5. The molecular formula is C8H13NO4S. The third-order valence-corrected chi connectivity index (χ3v) is 2.76. The van der Waals surface area contributed by atoms with Gasteiger partial charge in [0, 0.05) is 6.61 Å². The Bertz CT molecular complexity index is 221. The van der Waals surface area contributed by atoms with Gasteiger partial charge >= 0.3 is 6.09 Å². The number of amides is 2. The molecular weight excluding hydrogens is 206 g/mol. The Morgan fingerprint density at radius 2 is 2.43 bits per heavy atom. The van der Waals surface area contributed by atoms with Gasteiger partial charge in [0.1, 0.15) is 6.61 Å². The molecule has 0 aromatic carbocycles. The van der Waals surface area contributed by atoms with Gasteiger partial charge in [0.25, 0.3) is 0 Å². The average Bonchev–Trinajstić information content (AvgIpc) is 2.59. The molecule has 6 heteroatoms. The fourth-order valence-corrected chi connectivity index (χ4v) is 1.83. The van der Waals surface area contributed by atoms with E-state index in [9.17, 15) is 9.59 Å². The summed E-state index contributed by atoms with van der Waals surface area (Å²) >= 11 is 1.42. The predicted molar refractivity (Wildman–Crippen MR) is 52.1 cm³/mol. The molecule has 1 saturated heterocycles. The lowest BCUT2D eigenvalue weighted by Crippen LogP contribution is -2.33. The molecule has 0 unspecified atom stereocenters. The Kier molecular flexibility index (Phi) is 4.75. The van der Waals surface area contributed by atoms with Gasteiger partial charge in [0.15, 0.2) is 0 Å². The van der Waals surface area contributed by atoms with Crippen molar-refractivity contribution in [2.24, 2.45) is 0 Å². The van der Waals surface area contributed by atoms with E-state index in [-0.39, 0.29) is 18.3 Å². The second-order valence-corrected chi connectivity index (χ2v) is 3.89. The number of rotatable bonds is 5. The molecule has 1 N–H and O–H groups in total. The van der Waals surface area contributed by atoms with Crippen molar-refractivity contribution in [3.63, 3.8) is 0 Å². The summed E-state index contributed by atoms with van der Waals surface area (Å²) in [6.45, 7) is 0.789. The summed E-state index contributed by atoms with van der Waals surface area (Å²) in [5.74, 6) is 0.788. The van der Waals surface area contributed by atoms with Gasteiger partial charge in [-0.3, -0.25) is 4.79 Å². The molecule has 0 aliphatic carbocycles. The van der Waals surface area contributed by atoms with E-state index in [0.717, 1.165) is 10.7 Å². The van der Waals surface area contributed by atoms with Crippen molar-refractivity contribution < 1.29 is 19.4 Å². The number of ether oxygens (including phenoxy) is 1. The molecule has 1 aliphatic heterocycles. The van der Waals surface area contributed by atoms with Crippen LogP contribution < -0.4 is 0 Å². The van der Waals surface area contributed by atoms with E-state index in [1.165, 1.54) is 11.8 Å². The van der Waals surface area contributed by atoms with E-state index in [2.05, 4.69) is 4.74 Å². The number of cyclic esters (lactones) is 1. The highest BCUT2D eigenvalue weighted by molar-refractivity contribution is 7.99. The lowest BCUT2D eigenvalue weighted by Gasteiger charge is -2.09. The highest BCUT2D eigenvalue weighted by Crippen LogP contribution is 2.08. The zero-order valence-corrected chi connectivity index (χ0v) is 8.59. The fraction of sp³-hybridized carbons (Fsp3) is 0.750. The number of imide groups is 1. The Morgan fingerprint density at radius 3 is 3.00 bits per heavy atom. The third-order valence-electron chi connectivity index (χ3n) is 1.73. The van der Waals surface area contributed by atoms with Gasteiger partial charge in [0.2, 0.25) is 5.91 Å². The molecule has 0 radical (unpaired) electrons. The number of carbonyl (C=O) groups is 2. The van der Waals surface area contributed by atoms with Crippen molar-refractivity contribution in [3.05, 3.63) is 0 Å². The molecule has 0 spiro atoms. The van der Waals surface area contributed by atoms with E-state index in [1.807, 2.05) is 0 Å². The Hall–Kier alpha value is -0.750. The quantitative estimate of drug-likeness (QED) is 0.663. The lowest BCUT2D eigenvalue weighted by molar-refractivity contribution is -0.125. The Labute approximate surface area is 86.4 Å². The van der Waals surface area contributed by atoms with Crippen LogP contribution in [0.2, 0.25) is 0 Å². The van der Waals surface area contributed by atoms with Crippen LogP contribution in [0.5, 0.6) is 0 Å². The van der Waals surface area contributed by atoms with Gasteiger partial charge in [-0.25, -0.2) is 9.69 Å². The fourth-order valence-electron chi connectivity index (χ4n) is 1.02. The first-order chi connectivity index (χ1) is 6.75. The maximum Gasteiger partial charge on any atom is 0.416 e. The summed E-state index contributed by atoms with van der Waals surface area (Å²) in [4.78, 5) is 23.4. The number of nitrogens with zero attached hydrogens (tertiary/aromatic N) is 1. The average molecular weight is 219 g/mol. The zero-order valence-electron chi connectivity index (χ0n) is 7.77. The van der Waals surface area contributed by atoms with Crippen LogP contribution in [-0.4, -0.2) is 53.3 Å². The number of thioether (sulfide) groups is 1. The van der Waals surface area contributed by atoms with Crippen molar-refractivity contribution >= 4 is 23.8 Å². The van der Waals surface area contributed by atoms with Gasteiger partial charge in [-0.05, 0) is 12.2 Å². The summed E-state index contributed by atoms with van der Waals surface area (Å²) in [7, 11) is 0. The summed E-state index contributed by atoms with van der Waals surface area (Å²) in [6, 6.07) is 0. The minimum Gasteiger partial charge on any atom is -0.447 e.